The second-order valence-electron chi connectivity index (χ2n) is 5.43. The predicted molar refractivity (Wildman–Crippen MR) is 87.6 cm³/mol. The molecule has 3 aromatic rings. The van der Waals surface area contributed by atoms with Gasteiger partial charge in [-0.25, -0.2) is 9.50 Å². The van der Waals surface area contributed by atoms with E-state index in [1.165, 1.54) is 10.6 Å². The van der Waals surface area contributed by atoms with Crippen LogP contribution in [-0.4, -0.2) is 34.4 Å². The number of H-pyrrole nitrogens is 1. The van der Waals surface area contributed by atoms with Gasteiger partial charge in [0.15, 0.2) is 17.1 Å². The number of nitrogens with zero attached hydrogens (tertiary/aromatic N) is 2. The van der Waals surface area contributed by atoms with Crippen LogP contribution in [0.1, 0.15) is 12.5 Å². The van der Waals surface area contributed by atoms with Crippen molar-refractivity contribution in [2.45, 2.75) is 13.5 Å². The van der Waals surface area contributed by atoms with Crippen LogP contribution < -0.4 is 15.0 Å². The fraction of sp³-hybridized carbons (Fsp3) is 0.294. The predicted octanol–water partition coefficient (Wildman–Crippen LogP) is 2.00. The van der Waals surface area contributed by atoms with Crippen molar-refractivity contribution < 1.29 is 14.2 Å². The number of nitrogens with one attached hydrogen (secondary N) is 1. The van der Waals surface area contributed by atoms with E-state index in [1.54, 1.807) is 6.20 Å². The Morgan fingerprint density at radius 1 is 1.25 bits per heavy atom. The Balaban J connectivity index is 1.80. The lowest BCUT2D eigenvalue weighted by Crippen LogP contribution is -2.16. The summed E-state index contributed by atoms with van der Waals surface area (Å²) >= 11 is 0. The first-order chi connectivity index (χ1) is 11.8. The largest absolute Gasteiger partial charge is 0.486 e. The van der Waals surface area contributed by atoms with E-state index >= 15 is 0 Å². The zero-order valence-corrected chi connectivity index (χ0v) is 13.2. The average Bonchev–Trinajstić information content (AvgIpc) is 3.03. The Kier molecular flexibility index (Phi) is 3.70. The van der Waals surface area contributed by atoms with Crippen molar-refractivity contribution in [2.75, 3.05) is 19.8 Å². The average molecular weight is 327 g/mol. The fourth-order valence-electron chi connectivity index (χ4n) is 2.70. The summed E-state index contributed by atoms with van der Waals surface area (Å²) in [6.45, 7) is 3.99. The van der Waals surface area contributed by atoms with Crippen molar-refractivity contribution in [3.05, 3.63) is 46.4 Å². The van der Waals surface area contributed by atoms with Gasteiger partial charge in [0.25, 0.3) is 5.56 Å². The molecule has 24 heavy (non-hydrogen) atoms. The minimum absolute atomic E-state index is 0.173. The molecular formula is C17H17N3O4. The first kappa shape index (κ1) is 14.8. The smallest absolute Gasteiger partial charge is 0.273 e. The third-order valence-electron chi connectivity index (χ3n) is 3.87. The number of rotatable bonds is 4. The van der Waals surface area contributed by atoms with Crippen molar-refractivity contribution in [2.24, 2.45) is 0 Å². The molecule has 0 fully saturated rings. The zero-order chi connectivity index (χ0) is 16.5. The molecule has 2 aromatic heterocycles. The normalized spacial score (nSPS) is 13.4. The molecule has 4 rings (SSSR count). The summed E-state index contributed by atoms with van der Waals surface area (Å²) in [6.07, 6.45) is 1.74. The number of benzene rings is 1. The fourth-order valence-corrected chi connectivity index (χ4v) is 2.70. The van der Waals surface area contributed by atoms with E-state index < -0.39 is 0 Å². The van der Waals surface area contributed by atoms with Gasteiger partial charge in [-0.2, -0.15) is 0 Å². The number of hydrogen-bond donors (Lipinski definition) is 1. The van der Waals surface area contributed by atoms with Crippen molar-refractivity contribution in [1.29, 1.82) is 0 Å². The molecule has 0 aliphatic carbocycles. The second kappa shape index (κ2) is 6.01. The first-order valence-corrected chi connectivity index (χ1v) is 7.84. The summed E-state index contributed by atoms with van der Waals surface area (Å²) in [4.78, 5) is 17.0. The molecule has 0 saturated carbocycles. The van der Waals surface area contributed by atoms with Crippen LogP contribution in [0, 0.1) is 0 Å². The van der Waals surface area contributed by atoms with Crippen LogP contribution >= 0.6 is 0 Å². The van der Waals surface area contributed by atoms with Crippen LogP contribution in [-0.2, 0) is 11.3 Å². The van der Waals surface area contributed by atoms with E-state index in [0.717, 1.165) is 11.1 Å². The number of ether oxygens (including phenoxy) is 3. The summed E-state index contributed by atoms with van der Waals surface area (Å²) in [7, 11) is 0. The van der Waals surface area contributed by atoms with E-state index in [1.807, 2.05) is 25.1 Å². The maximum Gasteiger partial charge on any atom is 0.273 e. The van der Waals surface area contributed by atoms with Crippen LogP contribution in [0.25, 0.3) is 16.9 Å². The molecule has 0 unspecified atom stereocenters. The number of hydrogen-bond acceptors (Lipinski definition) is 5. The third kappa shape index (κ3) is 2.52. The molecule has 0 amide bonds. The number of fused-ring (bicyclic) bond motifs is 2. The second-order valence-corrected chi connectivity index (χ2v) is 5.43. The molecule has 1 N–H and O–H groups in total. The zero-order valence-electron chi connectivity index (χ0n) is 13.2. The lowest BCUT2D eigenvalue weighted by molar-refractivity contribution is 0.135. The molecule has 1 aliphatic rings. The molecule has 124 valence electrons. The van der Waals surface area contributed by atoms with Gasteiger partial charge in [-0.1, -0.05) is 0 Å². The Bertz CT molecular complexity index is 945. The van der Waals surface area contributed by atoms with Crippen LogP contribution in [0.4, 0.5) is 0 Å². The maximum absolute atomic E-state index is 12.3. The summed E-state index contributed by atoms with van der Waals surface area (Å²) < 4.78 is 18.0. The Morgan fingerprint density at radius 3 is 2.92 bits per heavy atom. The quantitative estimate of drug-likeness (QED) is 0.793. The van der Waals surface area contributed by atoms with E-state index in [2.05, 4.69) is 10.1 Å². The molecule has 0 bridgehead atoms. The number of aromatic amines is 1. The molecule has 0 atom stereocenters. The van der Waals surface area contributed by atoms with Crippen LogP contribution in [0.2, 0.25) is 0 Å². The highest BCUT2D eigenvalue weighted by Gasteiger charge is 2.15. The summed E-state index contributed by atoms with van der Waals surface area (Å²) in [6, 6.07) is 7.06. The molecule has 1 aliphatic heterocycles. The third-order valence-corrected chi connectivity index (χ3v) is 3.87. The monoisotopic (exact) mass is 327 g/mol. The topological polar surface area (TPSA) is 77.9 Å². The van der Waals surface area contributed by atoms with Crippen LogP contribution in [0.15, 0.2) is 35.3 Å². The van der Waals surface area contributed by atoms with Gasteiger partial charge < -0.3 is 14.2 Å². The van der Waals surface area contributed by atoms with Gasteiger partial charge in [0.1, 0.15) is 13.2 Å². The highest BCUT2D eigenvalue weighted by molar-refractivity contribution is 5.66. The van der Waals surface area contributed by atoms with E-state index in [0.29, 0.717) is 49.3 Å². The molecule has 1 aromatic carbocycles. The van der Waals surface area contributed by atoms with Gasteiger partial charge in [-0.15, -0.1) is 0 Å². The first-order valence-electron chi connectivity index (χ1n) is 7.84. The summed E-state index contributed by atoms with van der Waals surface area (Å²) in [5.41, 5.74) is 2.64. The molecule has 0 spiro atoms. The van der Waals surface area contributed by atoms with Gasteiger partial charge in [0, 0.05) is 30.0 Å². The minimum atomic E-state index is -0.173. The maximum atomic E-state index is 12.3. The Hall–Kier alpha value is -2.80. The molecular weight excluding hydrogens is 310 g/mol. The van der Waals surface area contributed by atoms with Gasteiger partial charge in [0.05, 0.1) is 12.3 Å². The molecule has 7 nitrogen and oxygen atoms in total. The number of aromatic nitrogens is 3. The molecule has 7 heteroatoms. The van der Waals surface area contributed by atoms with Crippen LogP contribution in [0.5, 0.6) is 11.5 Å². The molecule has 0 radical (unpaired) electrons. The minimum Gasteiger partial charge on any atom is -0.486 e. The van der Waals surface area contributed by atoms with Crippen molar-refractivity contribution in [1.82, 2.24) is 14.6 Å². The van der Waals surface area contributed by atoms with Crippen molar-refractivity contribution in [3.63, 3.8) is 0 Å². The standard InChI is InChI=1S/C17H17N3O4/c1-2-22-10-12-9-18-20-16(21)8-13(19-17(12)20)11-3-4-14-15(7-11)24-6-5-23-14/h3-4,7-9,18H,2,5-6,10H2,1H3. The van der Waals surface area contributed by atoms with Gasteiger partial charge in [-0.05, 0) is 25.1 Å². The van der Waals surface area contributed by atoms with E-state index in [-0.39, 0.29) is 5.56 Å². The molecule has 0 saturated heterocycles. The van der Waals surface area contributed by atoms with Crippen molar-refractivity contribution >= 4 is 5.65 Å². The van der Waals surface area contributed by atoms with Gasteiger partial charge >= 0.3 is 0 Å². The highest BCUT2D eigenvalue weighted by Crippen LogP contribution is 2.33. The van der Waals surface area contributed by atoms with Crippen molar-refractivity contribution in [3.8, 4) is 22.8 Å². The van der Waals surface area contributed by atoms with E-state index in [4.69, 9.17) is 14.2 Å². The van der Waals surface area contributed by atoms with Crippen LogP contribution in [0.3, 0.4) is 0 Å². The summed E-state index contributed by atoms with van der Waals surface area (Å²) in [5, 5.41) is 2.91. The summed E-state index contributed by atoms with van der Waals surface area (Å²) in [5.74, 6) is 1.38. The highest BCUT2D eigenvalue weighted by atomic mass is 16.6. The SMILES string of the molecule is CCOCc1c[nH]n2c(=O)cc(-c3ccc4c(c3)OCCO4)nc12. The Labute approximate surface area is 137 Å². The Morgan fingerprint density at radius 2 is 2.08 bits per heavy atom. The van der Waals surface area contributed by atoms with Gasteiger partial charge in [-0.3, -0.25) is 9.89 Å². The van der Waals surface area contributed by atoms with Gasteiger partial charge in [0.2, 0.25) is 0 Å². The van der Waals surface area contributed by atoms with E-state index in [9.17, 15) is 4.79 Å². The lowest BCUT2D eigenvalue weighted by Gasteiger charge is -2.18. The molecule has 3 heterocycles. The lowest BCUT2D eigenvalue weighted by atomic mass is 10.1.